The Labute approximate surface area is 147 Å². The summed E-state index contributed by atoms with van der Waals surface area (Å²) in [5, 5.41) is 0. The molecule has 132 valence electrons. The maximum Gasteiger partial charge on any atom is 0.333 e. The summed E-state index contributed by atoms with van der Waals surface area (Å²) < 4.78 is 15.8. The molecule has 0 aliphatic carbocycles. The van der Waals surface area contributed by atoms with Gasteiger partial charge in [-0.05, 0) is 27.7 Å². The van der Waals surface area contributed by atoms with E-state index in [1.54, 1.807) is 37.4 Å². The zero-order valence-electron chi connectivity index (χ0n) is 14.3. The van der Waals surface area contributed by atoms with Crippen LogP contribution in [-0.2, 0) is 23.8 Å². The highest BCUT2D eigenvalue weighted by Crippen LogP contribution is 2.19. The molecular formula is C16H26O5S2. The van der Waals surface area contributed by atoms with E-state index in [0.29, 0.717) is 35.9 Å². The first-order chi connectivity index (χ1) is 10.7. The smallest absolute Gasteiger partial charge is 0.333 e. The Morgan fingerprint density at radius 2 is 1.22 bits per heavy atom. The van der Waals surface area contributed by atoms with Crippen molar-refractivity contribution in [2.24, 2.45) is 0 Å². The Hall–Kier alpha value is -0.920. The quantitative estimate of drug-likeness (QED) is 0.228. The average molecular weight is 363 g/mol. The Bertz CT molecular complexity index is 385. The van der Waals surface area contributed by atoms with E-state index in [1.165, 1.54) is 0 Å². The number of thioether (sulfide) groups is 2. The first-order valence-corrected chi connectivity index (χ1v) is 9.37. The SMILES string of the molecule is C=C(C)C(=O)OCCSC(C)OC(C)SCCOC(=O)C(=C)C. The van der Waals surface area contributed by atoms with Crippen LogP contribution in [0.25, 0.3) is 0 Å². The molecule has 0 aromatic rings. The third-order valence-corrected chi connectivity index (χ3v) is 4.38. The van der Waals surface area contributed by atoms with Crippen molar-refractivity contribution in [2.75, 3.05) is 24.7 Å². The molecule has 0 bridgehead atoms. The summed E-state index contributed by atoms with van der Waals surface area (Å²) in [4.78, 5) is 22.4. The molecule has 0 aromatic heterocycles. The summed E-state index contributed by atoms with van der Waals surface area (Å²) in [5.74, 6) is 0.585. The van der Waals surface area contributed by atoms with Gasteiger partial charge in [-0.2, -0.15) is 0 Å². The van der Waals surface area contributed by atoms with Crippen molar-refractivity contribution in [2.45, 2.75) is 38.6 Å². The van der Waals surface area contributed by atoms with Crippen molar-refractivity contribution in [1.29, 1.82) is 0 Å². The lowest BCUT2D eigenvalue weighted by atomic mass is 10.4. The summed E-state index contributed by atoms with van der Waals surface area (Å²) >= 11 is 3.13. The van der Waals surface area contributed by atoms with E-state index in [1.807, 2.05) is 13.8 Å². The van der Waals surface area contributed by atoms with Gasteiger partial charge in [0, 0.05) is 22.7 Å². The van der Waals surface area contributed by atoms with Crippen LogP contribution in [0.1, 0.15) is 27.7 Å². The number of ether oxygens (including phenoxy) is 3. The molecule has 0 N–H and O–H groups in total. The van der Waals surface area contributed by atoms with Crippen molar-refractivity contribution in [1.82, 2.24) is 0 Å². The Morgan fingerprint density at radius 3 is 1.52 bits per heavy atom. The van der Waals surface area contributed by atoms with Gasteiger partial charge in [0.05, 0.1) is 0 Å². The van der Waals surface area contributed by atoms with Crippen LogP contribution in [0.3, 0.4) is 0 Å². The largest absolute Gasteiger partial charge is 0.461 e. The molecule has 23 heavy (non-hydrogen) atoms. The first-order valence-electron chi connectivity index (χ1n) is 7.28. The molecule has 0 aliphatic heterocycles. The number of rotatable bonds is 12. The van der Waals surface area contributed by atoms with Gasteiger partial charge in [0.1, 0.15) is 24.1 Å². The molecule has 0 aliphatic rings. The molecule has 5 nitrogen and oxygen atoms in total. The first kappa shape index (κ1) is 22.1. The molecule has 0 aromatic carbocycles. The fraction of sp³-hybridized carbons (Fsp3) is 0.625. The van der Waals surface area contributed by atoms with Crippen LogP contribution >= 0.6 is 23.5 Å². The highest BCUT2D eigenvalue weighted by atomic mass is 32.2. The van der Waals surface area contributed by atoms with Gasteiger partial charge in [-0.3, -0.25) is 0 Å². The third-order valence-electron chi connectivity index (χ3n) is 2.42. The van der Waals surface area contributed by atoms with E-state index in [-0.39, 0.29) is 22.8 Å². The Morgan fingerprint density at radius 1 is 0.870 bits per heavy atom. The lowest BCUT2D eigenvalue weighted by Gasteiger charge is -2.18. The number of hydrogen-bond acceptors (Lipinski definition) is 7. The molecule has 0 spiro atoms. The van der Waals surface area contributed by atoms with Crippen molar-refractivity contribution in [3.05, 3.63) is 24.3 Å². The van der Waals surface area contributed by atoms with Crippen LogP contribution < -0.4 is 0 Å². The summed E-state index contributed by atoms with van der Waals surface area (Å²) in [7, 11) is 0. The van der Waals surface area contributed by atoms with E-state index >= 15 is 0 Å². The minimum atomic E-state index is -0.368. The second-order valence-corrected chi connectivity index (χ2v) is 7.66. The molecule has 0 amide bonds. The van der Waals surface area contributed by atoms with E-state index in [0.717, 1.165) is 0 Å². The topological polar surface area (TPSA) is 61.8 Å². The van der Waals surface area contributed by atoms with E-state index < -0.39 is 0 Å². The minimum Gasteiger partial charge on any atom is -0.461 e. The van der Waals surface area contributed by atoms with Gasteiger partial charge in [-0.1, -0.05) is 13.2 Å². The zero-order valence-corrected chi connectivity index (χ0v) is 15.9. The van der Waals surface area contributed by atoms with Crippen LogP contribution in [0, 0.1) is 0 Å². The number of esters is 2. The van der Waals surface area contributed by atoms with Gasteiger partial charge in [-0.25, -0.2) is 9.59 Å². The Kier molecular flexibility index (Phi) is 12.0. The molecule has 7 heteroatoms. The second-order valence-electron chi connectivity index (χ2n) is 4.85. The maximum atomic E-state index is 11.2. The number of hydrogen-bond donors (Lipinski definition) is 0. The van der Waals surface area contributed by atoms with Crippen LogP contribution in [0.4, 0.5) is 0 Å². The minimum absolute atomic E-state index is 0.0148. The molecule has 0 fully saturated rings. The number of carbonyl (C=O) groups excluding carboxylic acids is 2. The predicted octanol–water partition coefficient (Wildman–Crippen LogP) is 3.40. The molecule has 0 saturated heterocycles. The van der Waals surface area contributed by atoms with Gasteiger partial charge in [-0.15, -0.1) is 23.5 Å². The molecule has 0 heterocycles. The third kappa shape index (κ3) is 12.2. The highest BCUT2D eigenvalue weighted by molar-refractivity contribution is 8.00. The van der Waals surface area contributed by atoms with Crippen LogP contribution in [-0.4, -0.2) is 47.5 Å². The normalized spacial score (nSPS) is 13.0. The van der Waals surface area contributed by atoms with Gasteiger partial charge < -0.3 is 14.2 Å². The fourth-order valence-corrected chi connectivity index (χ4v) is 2.88. The second kappa shape index (κ2) is 12.5. The molecule has 0 saturated carbocycles. The van der Waals surface area contributed by atoms with Crippen molar-refractivity contribution >= 4 is 35.5 Å². The number of carbonyl (C=O) groups is 2. The van der Waals surface area contributed by atoms with Crippen LogP contribution in [0.5, 0.6) is 0 Å². The maximum absolute atomic E-state index is 11.2. The zero-order chi connectivity index (χ0) is 17.8. The predicted molar refractivity (Wildman–Crippen MR) is 96.5 cm³/mol. The standard InChI is InChI=1S/C16H26O5S2/c1-11(2)15(17)19-7-9-22-13(5)21-14(6)23-10-8-20-16(18)12(3)4/h13-14H,1,3,7-10H2,2,4-6H3. The van der Waals surface area contributed by atoms with Crippen molar-refractivity contribution in [3.63, 3.8) is 0 Å². The van der Waals surface area contributed by atoms with E-state index in [9.17, 15) is 9.59 Å². The van der Waals surface area contributed by atoms with Gasteiger partial charge >= 0.3 is 11.9 Å². The summed E-state index contributed by atoms with van der Waals surface area (Å²) in [6.45, 7) is 14.8. The molecule has 2 unspecified atom stereocenters. The summed E-state index contributed by atoms with van der Waals surface area (Å²) in [6.07, 6.45) is 0. The molecule has 0 radical (unpaired) electrons. The van der Waals surface area contributed by atoms with Crippen LogP contribution in [0.2, 0.25) is 0 Å². The van der Waals surface area contributed by atoms with Crippen LogP contribution in [0.15, 0.2) is 24.3 Å². The van der Waals surface area contributed by atoms with Gasteiger partial charge in [0.25, 0.3) is 0 Å². The Balaban J connectivity index is 3.67. The monoisotopic (exact) mass is 362 g/mol. The van der Waals surface area contributed by atoms with E-state index in [2.05, 4.69) is 13.2 Å². The van der Waals surface area contributed by atoms with Gasteiger partial charge in [0.2, 0.25) is 0 Å². The summed E-state index contributed by atoms with van der Waals surface area (Å²) in [5.41, 5.74) is 0.770. The molecule has 0 rings (SSSR count). The lowest BCUT2D eigenvalue weighted by Crippen LogP contribution is -2.15. The van der Waals surface area contributed by atoms with E-state index in [4.69, 9.17) is 14.2 Å². The lowest BCUT2D eigenvalue weighted by molar-refractivity contribution is -0.139. The fourth-order valence-electron chi connectivity index (χ4n) is 1.29. The average Bonchev–Trinajstić information content (AvgIpc) is 2.47. The highest BCUT2D eigenvalue weighted by Gasteiger charge is 2.11. The van der Waals surface area contributed by atoms with Gasteiger partial charge in [0.15, 0.2) is 0 Å². The summed E-state index contributed by atoms with van der Waals surface area (Å²) in [6, 6.07) is 0. The van der Waals surface area contributed by atoms with Crippen molar-refractivity contribution < 1.29 is 23.8 Å². The molecule has 2 atom stereocenters. The van der Waals surface area contributed by atoms with Crippen molar-refractivity contribution in [3.8, 4) is 0 Å². The molecular weight excluding hydrogens is 336 g/mol.